The van der Waals surface area contributed by atoms with Crippen LogP contribution < -0.4 is 11.1 Å². The summed E-state index contributed by atoms with van der Waals surface area (Å²) >= 11 is 4.99. The van der Waals surface area contributed by atoms with Gasteiger partial charge in [-0.2, -0.15) is 0 Å². The minimum atomic E-state index is -0.0310. The normalized spacial score (nSPS) is 12.4. The van der Waals surface area contributed by atoms with E-state index in [0.29, 0.717) is 5.11 Å². The zero-order valence-corrected chi connectivity index (χ0v) is 13.3. The maximum Gasteiger partial charge on any atom is 0.165 e. The van der Waals surface area contributed by atoms with Crippen LogP contribution in [-0.4, -0.2) is 20.1 Å². The van der Waals surface area contributed by atoms with Crippen LogP contribution in [0.25, 0.3) is 11.0 Å². The zero-order valence-electron chi connectivity index (χ0n) is 12.5. The molecule has 0 amide bonds. The molecule has 1 heterocycles. The van der Waals surface area contributed by atoms with Gasteiger partial charge in [0, 0.05) is 0 Å². The Hall–Kier alpha value is -1.69. The first kappa shape index (κ1) is 15.7. The summed E-state index contributed by atoms with van der Waals surface area (Å²) in [5.41, 5.74) is 7.54. The monoisotopic (exact) mass is 305 g/mol. The number of nitrogens with one attached hydrogen (secondary N) is 1. The summed E-state index contributed by atoms with van der Waals surface area (Å²) in [7, 11) is 0. The smallest absolute Gasteiger partial charge is 0.165 e. The second-order valence-electron chi connectivity index (χ2n) is 5.25. The molecule has 0 bridgehead atoms. The summed E-state index contributed by atoms with van der Waals surface area (Å²) in [6.07, 6.45) is 7.06. The van der Waals surface area contributed by atoms with E-state index in [1.54, 1.807) is 0 Å². The summed E-state index contributed by atoms with van der Waals surface area (Å²) in [5.74, 6) is 0. The lowest BCUT2D eigenvalue weighted by Gasteiger charge is -2.19. The van der Waals surface area contributed by atoms with E-state index in [-0.39, 0.29) is 6.17 Å². The first-order chi connectivity index (χ1) is 10.2. The largest absolute Gasteiger partial charge is 0.376 e. The van der Waals surface area contributed by atoms with Crippen LogP contribution in [-0.2, 0) is 0 Å². The van der Waals surface area contributed by atoms with Crippen LogP contribution in [0.2, 0.25) is 0 Å². The molecule has 0 aliphatic carbocycles. The van der Waals surface area contributed by atoms with Crippen LogP contribution in [0.4, 0.5) is 0 Å². The highest BCUT2D eigenvalue weighted by Gasteiger charge is 2.15. The molecule has 0 fully saturated rings. The van der Waals surface area contributed by atoms with Crippen LogP contribution >= 0.6 is 12.2 Å². The molecule has 1 aromatic heterocycles. The molecule has 0 saturated heterocycles. The van der Waals surface area contributed by atoms with E-state index in [4.69, 9.17) is 18.0 Å². The topological polar surface area (TPSA) is 68.8 Å². The highest BCUT2D eigenvalue weighted by molar-refractivity contribution is 7.80. The average molecular weight is 305 g/mol. The van der Waals surface area contributed by atoms with E-state index in [1.165, 1.54) is 25.7 Å². The van der Waals surface area contributed by atoms with E-state index in [1.807, 2.05) is 28.9 Å². The lowest BCUT2D eigenvalue weighted by Crippen LogP contribution is -2.36. The van der Waals surface area contributed by atoms with E-state index < -0.39 is 0 Å². The van der Waals surface area contributed by atoms with Crippen LogP contribution in [0.1, 0.15) is 51.6 Å². The number of nitrogens with two attached hydrogens (primary N) is 1. The Balaban J connectivity index is 2.06. The van der Waals surface area contributed by atoms with Crippen molar-refractivity contribution >= 4 is 28.4 Å². The van der Waals surface area contributed by atoms with Gasteiger partial charge in [0.1, 0.15) is 11.7 Å². The second-order valence-corrected chi connectivity index (χ2v) is 5.69. The Labute approximate surface area is 130 Å². The third-order valence-electron chi connectivity index (χ3n) is 3.56. The van der Waals surface area contributed by atoms with Crippen molar-refractivity contribution in [3.8, 4) is 0 Å². The SMILES string of the molecule is CCCCCCCC(NC(N)=S)n1nnc2ccccc21. The zero-order chi connectivity index (χ0) is 15.1. The second kappa shape index (κ2) is 7.93. The molecule has 1 unspecified atom stereocenters. The highest BCUT2D eigenvalue weighted by Crippen LogP contribution is 2.19. The Bertz CT molecular complexity index is 580. The number of para-hydroxylation sites is 1. The van der Waals surface area contributed by atoms with Crippen LogP contribution in [0, 0.1) is 0 Å². The van der Waals surface area contributed by atoms with Crippen molar-refractivity contribution in [2.24, 2.45) is 5.73 Å². The van der Waals surface area contributed by atoms with Gasteiger partial charge in [0.15, 0.2) is 5.11 Å². The molecule has 2 rings (SSSR count). The Morgan fingerprint density at radius 3 is 2.81 bits per heavy atom. The van der Waals surface area contributed by atoms with Gasteiger partial charge in [-0.3, -0.25) is 0 Å². The molecular formula is C15H23N5S. The number of thiocarbonyl (C=S) groups is 1. The minimum Gasteiger partial charge on any atom is -0.376 e. The maximum atomic E-state index is 5.65. The molecule has 114 valence electrons. The Kier molecular flexibility index (Phi) is 5.92. The summed E-state index contributed by atoms with van der Waals surface area (Å²) in [6.45, 7) is 2.22. The van der Waals surface area contributed by atoms with Gasteiger partial charge in [-0.1, -0.05) is 50.0 Å². The molecular weight excluding hydrogens is 282 g/mol. The van der Waals surface area contributed by atoms with Gasteiger partial charge in [-0.25, -0.2) is 4.68 Å². The molecule has 0 aliphatic heterocycles. The molecule has 2 aromatic rings. The lowest BCUT2D eigenvalue weighted by atomic mass is 10.1. The van der Waals surface area contributed by atoms with Gasteiger partial charge in [-0.05, 0) is 37.2 Å². The number of aromatic nitrogens is 3. The fourth-order valence-corrected chi connectivity index (χ4v) is 2.61. The van der Waals surface area contributed by atoms with Crippen molar-refractivity contribution in [3.05, 3.63) is 24.3 Å². The molecule has 1 aromatic carbocycles. The van der Waals surface area contributed by atoms with Crippen molar-refractivity contribution in [3.63, 3.8) is 0 Å². The van der Waals surface area contributed by atoms with Crippen molar-refractivity contribution in [1.29, 1.82) is 0 Å². The summed E-state index contributed by atoms with van der Waals surface area (Å²) in [5, 5.41) is 11.9. The third kappa shape index (κ3) is 4.39. The standard InChI is InChI=1S/C15H23N5S/c1-2-3-4-5-6-11-14(17-15(16)21)20-13-10-8-7-9-12(13)18-19-20/h7-10,14H,2-6,11H2,1H3,(H3,16,17,21). The third-order valence-corrected chi connectivity index (χ3v) is 3.68. The van der Waals surface area contributed by atoms with Crippen LogP contribution in [0.3, 0.4) is 0 Å². The van der Waals surface area contributed by atoms with Gasteiger partial charge in [0.05, 0.1) is 5.52 Å². The number of hydrogen-bond acceptors (Lipinski definition) is 3. The molecule has 0 aliphatic rings. The summed E-state index contributed by atoms with van der Waals surface area (Å²) < 4.78 is 1.88. The fraction of sp³-hybridized carbons (Fsp3) is 0.533. The lowest BCUT2D eigenvalue weighted by molar-refractivity contribution is 0.383. The number of unbranched alkanes of at least 4 members (excludes halogenated alkanes) is 4. The van der Waals surface area contributed by atoms with Crippen molar-refractivity contribution in [2.75, 3.05) is 0 Å². The van der Waals surface area contributed by atoms with Gasteiger partial charge in [0.25, 0.3) is 0 Å². The number of rotatable bonds is 8. The van der Waals surface area contributed by atoms with Crippen LogP contribution in [0.15, 0.2) is 24.3 Å². The van der Waals surface area contributed by atoms with E-state index in [9.17, 15) is 0 Å². The Morgan fingerprint density at radius 2 is 2.05 bits per heavy atom. The van der Waals surface area contributed by atoms with Crippen molar-refractivity contribution in [2.45, 2.75) is 51.6 Å². The molecule has 5 nitrogen and oxygen atoms in total. The average Bonchev–Trinajstić information content (AvgIpc) is 2.89. The molecule has 21 heavy (non-hydrogen) atoms. The van der Waals surface area contributed by atoms with E-state index in [2.05, 4.69) is 22.6 Å². The van der Waals surface area contributed by atoms with Gasteiger partial charge in [-0.15, -0.1) is 5.10 Å². The minimum absolute atomic E-state index is 0.0310. The van der Waals surface area contributed by atoms with Crippen LogP contribution in [0.5, 0.6) is 0 Å². The maximum absolute atomic E-state index is 5.65. The first-order valence-electron chi connectivity index (χ1n) is 7.58. The molecule has 3 N–H and O–H groups in total. The number of fused-ring (bicyclic) bond motifs is 1. The predicted octanol–water partition coefficient (Wildman–Crippen LogP) is 3.12. The molecule has 1 atom stereocenters. The van der Waals surface area contributed by atoms with Gasteiger partial charge < -0.3 is 11.1 Å². The summed E-state index contributed by atoms with van der Waals surface area (Å²) in [6, 6.07) is 7.92. The van der Waals surface area contributed by atoms with Crippen molar-refractivity contribution in [1.82, 2.24) is 20.3 Å². The fourth-order valence-electron chi connectivity index (χ4n) is 2.48. The summed E-state index contributed by atoms with van der Waals surface area (Å²) in [4.78, 5) is 0. The van der Waals surface area contributed by atoms with E-state index in [0.717, 1.165) is 23.9 Å². The van der Waals surface area contributed by atoms with Crippen molar-refractivity contribution < 1.29 is 0 Å². The van der Waals surface area contributed by atoms with Gasteiger partial charge >= 0.3 is 0 Å². The molecule has 6 heteroatoms. The number of hydrogen-bond donors (Lipinski definition) is 2. The molecule has 0 saturated carbocycles. The molecule has 0 spiro atoms. The number of nitrogens with zero attached hydrogens (tertiary/aromatic N) is 3. The predicted molar refractivity (Wildman–Crippen MR) is 89.9 cm³/mol. The van der Waals surface area contributed by atoms with E-state index >= 15 is 0 Å². The van der Waals surface area contributed by atoms with Gasteiger partial charge in [0.2, 0.25) is 0 Å². The molecule has 0 radical (unpaired) electrons. The quantitative estimate of drug-likeness (QED) is 0.579. The number of benzene rings is 1. The Morgan fingerprint density at radius 1 is 1.29 bits per heavy atom. The highest BCUT2D eigenvalue weighted by atomic mass is 32.1. The first-order valence-corrected chi connectivity index (χ1v) is 7.99.